The molecule has 0 fully saturated rings. The molecule has 0 aliphatic rings. The maximum absolute atomic E-state index is 8.52. The van der Waals surface area contributed by atoms with E-state index in [0.717, 1.165) is 12.8 Å². The van der Waals surface area contributed by atoms with Gasteiger partial charge in [0.25, 0.3) is 0 Å². The summed E-state index contributed by atoms with van der Waals surface area (Å²) in [6.45, 7) is 2.40. The first kappa shape index (κ1) is 22.6. The Hall–Kier alpha value is -0.250. The van der Waals surface area contributed by atoms with Crippen LogP contribution < -0.4 is 12.3 Å². The van der Waals surface area contributed by atoms with Gasteiger partial charge in [-0.15, -0.1) is 0 Å². The first-order valence-corrected chi connectivity index (χ1v) is 4.02. The standard InChI is InChI=1S/C4H10O.2H3N.H2O4S/c1-2-3-4-5;;;1-5(2,3)4/h5H,2-4H2,1H3;2*1H3;(H2,1,2,3,4). The molecule has 0 amide bonds. The zero-order valence-electron chi connectivity index (χ0n) is 7.61. The Kier molecular flexibility index (Phi) is 25.1. The minimum atomic E-state index is -5.17. The van der Waals surface area contributed by atoms with Crippen molar-refractivity contribution in [2.24, 2.45) is 0 Å². The second-order valence-electron chi connectivity index (χ2n) is 1.49. The molecule has 0 spiro atoms. The molecule has 8 heteroatoms. The summed E-state index contributed by atoms with van der Waals surface area (Å²) in [6.07, 6.45) is 2.04. The lowest BCUT2D eigenvalue weighted by atomic mass is 10.4. The number of hydrogen-bond acceptors (Lipinski definition) is 5. The molecule has 0 saturated carbocycles. The summed E-state index contributed by atoms with van der Waals surface area (Å²) >= 11 is 0. The first-order chi connectivity index (χ1) is 4.41. The molecule has 7 nitrogen and oxygen atoms in total. The van der Waals surface area contributed by atoms with Gasteiger partial charge in [0, 0.05) is 17.0 Å². The summed E-state index contributed by atoms with van der Waals surface area (Å²) in [4.78, 5) is 0. The molecule has 0 rings (SSSR count). The van der Waals surface area contributed by atoms with Crippen LogP contribution in [-0.4, -0.2) is 29.2 Å². The highest BCUT2D eigenvalue weighted by atomic mass is 32.3. The number of unbranched alkanes of at least 4 members (excludes halogenated alkanes) is 1. The fraction of sp³-hybridized carbons (Fsp3) is 1.00. The Labute approximate surface area is 72.5 Å². The fourth-order valence-corrected chi connectivity index (χ4v) is 0.158. The summed E-state index contributed by atoms with van der Waals surface area (Å²) in [6, 6.07) is 0. The van der Waals surface area contributed by atoms with Crippen molar-refractivity contribution in [2.75, 3.05) is 6.61 Å². The van der Waals surface area contributed by atoms with E-state index in [1.807, 2.05) is 0 Å². The van der Waals surface area contributed by atoms with Gasteiger partial charge in [0.1, 0.15) is 0 Å². The molecule has 0 aliphatic heterocycles. The van der Waals surface area contributed by atoms with E-state index in [0.29, 0.717) is 6.61 Å². The third kappa shape index (κ3) is 244. The summed E-state index contributed by atoms with van der Waals surface area (Å²) in [5, 5.41) is 8.07. The third-order valence-electron chi connectivity index (χ3n) is 0.512. The summed E-state index contributed by atoms with van der Waals surface area (Å²) in [5.41, 5.74) is 0. The molecular formula is C4H18N2O5S. The number of aliphatic hydroxyl groups is 1. The molecule has 0 radical (unpaired) electrons. The summed E-state index contributed by atoms with van der Waals surface area (Å²) in [5.74, 6) is 0. The van der Waals surface area contributed by atoms with E-state index < -0.39 is 10.4 Å². The second-order valence-corrected chi connectivity index (χ2v) is 2.30. The first-order valence-electron chi connectivity index (χ1n) is 2.69. The Bertz CT molecular complexity index is 136. The SMILES string of the molecule is CCCCO.O=S(=O)([O-])[O-].[NH4+].[NH4+]. The van der Waals surface area contributed by atoms with E-state index in [4.69, 9.17) is 22.6 Å². The van der Waals surface area contributed by atoms with E-state index in [-0.39, 0.29) is 12.3 Å². The molecule has 0 aromatic carbocycles. The minimum absolute atomic E-state index is 0. The van der Waals surface area contributed by atoms with E-state index in [2.05, 4.69) is 6.92 Å². The Morgan fingerprint density at radius 1 is 1.25 bits per heavy atom. The van der Waals surface area contributed by atoms with Crippen LogP contribution in [0, 0.1) is 0 Å². The van der Waals surface area contributed by atoms with E-state index in [1.165, 1.54) is 0 Å². The Balaban J connectivity index is -0.0000000457. The minimum Gasteiger partial charge on any atom is -0.759 e. The summed E-state index contributed by atoms with van der Waals surface area (Å²) < 4.78 is 34.1. The van der Waals surface area contributed by atoms with Gasteiger partial charge in [0.2, 0.25) is 0 Å². The third-order valence-corrected chi connectivity index (χ3v) is 0.512. The molecule has 0 atom stereocenters. The van der Waals surface area contributed by atoms with Crippen molar-refractivity contribution in [1.82, 2.24) is 12.3 Å². The summed E-state index contributed by atoms with van der Waals surface area (Å²) in [7, 11) is -5.17. The van der Waals surface area contributed by atoms with Crippen LogP contribution in [0.15, 0.2) is 0 Å². The van der Waals surface area contributed by atoms with Gasteiger partial charge >= 0.3 is 0 Å². The molecule has 9 N–H and O–H groups in total. The molecule has 0 aromatic heterocycles. The molecule has 0 bridgehead atoms. The van der Waals surface area contributed by atoms with Crippen LogP contribution in [0.3, 0.4) is 0 Å². The molecule has 0 unspecified atom stereocenters. The van der Waals surface area contributed by atoms with Crippen molar-refractivity contribution < 1.29 is 22.6 Å². The van der Waals surface area contributed by atoms with Crippen LogP contribution in [0.2, 0.25) is 0 Å². The van der Waals surface area contributed by atoms with Gasteiger partial charge in [-0.25, -0.2) is 0 Å². The Morgan fingerprint density at radius 3 is 1.50 bits per heavy atom. The zero-order valence-corrected chi connectivity index (χ0v) is 8.43. The van der Waals surface area contributed by atoms with Crippen LogP contribution >= 0.6 is 0 Å². The van der Waals surface area contributed by atoms with E-state index >= 15 is 0 Å². The van der Waals surface area contributed by atoms with Gasteiger partial charge < -0.3 is 26.5 Å². The highest BCUT2D eigenvalue weighted by Gasteiger charge is 1.69. The molecule has 0 saturated heterocycles. The number of aliphatic hydroxyl groups excluding tert-OH is 1. The average Bonchev–Trinajstić information content (AvgIpc) is 1.63. The van der Waals surface area contributed by atoms with E-state index in [1.54, 1.807) is 0 Å². The molecule has 0 heterocycles. The highest BCUT2D eigenvalue weighted by Crippen LogP contribution is 1.78. The molecule has 0 aromatic rings. The predicted molar refractivity (Wildman–Crippen MR) is 44.4 cm³/mol. The lowest BCUT2D eigenvalue weighted by Gasteiger charge is -2.06. The molecule has 0 aliphatic carbocycles. The van der Waals surface area contributed by atoms with Gasteiger partial charge in [-0.2, -0.15) is 0 Å². The van der Waals surface area contributed by atoms with Crippen molar-refractivity contribution in [3.8, 4) is 0 Å². The number of quaternary nitrogens is 2. The van der Waals surface area contributed by atoms with Crippen LogP contribution in [0.5, 0.6) is 0 Å². The maximum Gasteiger partial charge on any atom is 0.0430 e. The lowest BCUT2D eigenvalue weighted by molar-refractivity contribution is 0.287. The predicted octanol–water partition coefficient (Wildman–Crippen LogP) is 0.193. The Morgan fingerprint density at radius 2 is 1.50 bits per heavy atom. The van der Waals surface area contributed by atoms with Crippen molar-refractivity contribution in [3.05, 3.63) is 0 Å². The smallest absolute Gasteiger partial charge is 0.0430 e. The second kappa shape index (κ2) is 13.3. The van der Waals surface area contributed by atoms with Crippen LogP contribution in [-0.2, 0) is 10.4 Å². The van der Waals surface area contributed by atoms with Crippen LogP contribution in [0.4, 0.5) is 0 Å². The van der Waals surface area contributed by atoms with Crippen LogP contribution in [0.25, 0.3) is 0 Å². The van der Waals surface area contributed by atoms with Gasteiger partial charge in [-0.05, 0) is 6.42 Å². The normalized spacial score (nSPS) is 8.33. The van der Waals surface area contributed by atoms with E-state index in [9.17, 15) is 0 Å². The number of hydrogen-bond donors (Lipinski definition) is 3. The van der Waals surface area contributed by atoms with Crippen molar-refractivity contribution in [2.45, 2.75) is 19.8 Å². The lowest BCUT2D eigenvalue weighted by Crippen LogP contribution is -1.91. The van der Waals surface area contributed by atoms with Crippen molar-refractivity contribution in [1.29, 1.82) is 0 Å². The monoisotopic (exact) mass is 206 g/mol. The van der Waals surface area contributed by atoms with Crippen molar-refractivity contribution >= 4 is 10.4 Å². The zero-order chi connectivity index (χ0) is 8.62. The van der Waals surface area contributed by atoms with Gasteiger partial charge in [-0.3, -0.25) is 8.42 Å². The molecule has 12 heavy (non-hydrogen) atoms. The highest BCUT2D eigenvalue weighted by molar-refractivity contribution is 7.79. The van der Waals surface area contributed by atoms with Gasteiger partial charge in [0.05, 0.1) is 0 Å². The molecule has 80 valence electrons. The van der Waals surface area contributed by atoms with Gasteiger partial charge in [0.15, 0.2) is 0 Å². The van der Waals surface area contributed by atoms with Crippen molar-refractivity contribution in [3.63, 3.8) is 0 Å². The van der Waals surface area contributed by atoms with Gasteiger partial charge in [-0.1, -0.05) is 13.3 Å². The maximum atomic E-state index is 8.52. The largest absolute Gasteiger partial charge is 0.759 e. The number of rotatable bonds is 2. The van der Waals surface area contributed by atoms with Crippen LogP contribution in [0.1, 0.15) is 19.8 Å². The quantitative estimate of drug-likeness (QED) is 0.431. The average molecular weight is 206 g/mol. The topological polar surface area (TPSA) is 173 Å². The fourth-order valence-electron chi connectivity index (χ4n) is 0.158. The molecular weight excluding hydrogens is 188 g/mol.